The van der Waals surface area contributed by atoms with Gasteiger partial charge in [0.1, 0.15) is 5.69 Å². The summed E-state index contributed by atoms with van der Waals surface area (Å²) in [5, 5.41) is 14.4. The van der Waals surface area contributed by atoms with Crippen molar-refractivity contribution in [3.8, 4) is 0 Å². The molecule has 0 aliphatic carbocycles. The molecule has 0 atom stereocenters. The Bertz CT molecular complexity index is 1240. The van der Waals surface area contributed by atoms with Crippen LogP contribution in [0.4, 0.5) is 0 Å². The van der Waals surface area contributed by atoms with Crippen LogP contribution in [0.5, 0.6) is 0 Å². The number of benzene rings is 2. The maximum atomic E-state index is 12.6. The first-order valence-electron chi connectivity index (χ1n) is 11.3. The van der Waals surface area contributed by atoms with E-state index in [1.165, 1.54) is 28.7 Å². The number of hydrogen-bond acceptors (Lipinski definition) is 6. The highest BCUT2D eigenvalue weighted by Gasteiger charge is 2.21. The van der Waals surface area contributed by atoms with E-state index < -0.39 is 10.0 Å². The Balaban J connectivity index is 1.22. The summed E-state index contributed by atoms with van der Waals surface area (Å²) in [7, 11) is -3.72. The van der Waals surface area contributed by atoms with Crippen LogP contribution in [-0.4, -0.2) is 47.2 Å². The lowest BCUT2D eigenvalue weighted by molar-refractivity contribution is 0.0955. The number of halogens is 1. The number of carbonyl (C=O) groups is 1. The van der Waals surface area contributed by atoms with Crippen LogP contribution in [0, 0.1) is 5.92 Å². The van der Waals surface area contributed by atoms with Gasteiger partial charge in [-0.15, -0.1) is 5.10 Å². The number of carbonyl (C=O) groups excluding carboxylic acids is 1. The number of Topliss-reactive ketones (excluding diaryl/α,β-unsaturated/α-hetero) is 1. The van der Waals surface area contributed by atoms with Gasteiger partial charge in [0.2, 0.25) is 10.0 Å². The molecule has 8 nitrogen and oxygen atoms in total. The maximum absolute atomic E-state index is 12.6. The fourth-order valence-electron chi connectivity index (χ4n) is 4.24. The van der Waals surface area contributed by atoms with Crippen molar-refractivity contribution < 1.29 is 13.2 Å². The van der Waals surface area contributed by atoms with Crippen LogP contribution in [0.25, 0.3) is 0 Å². The van der Waals surface area contributed by atoms with E-state index >= 15 is 0 Å². The van der Waals surface area contributed by atoms with E-state index in [4.69, 9.17) is 16.7 Å². The molecule has 1 saturated heterocycles. The van der Waals surface area contributed by atoms with Crippen molar-refractivity contribution in [3.63, 3.8) is 0 Å². The van der Waals surface area contributed by atoms with E-state index in [9.17, 15) is 13.2 Å². The smallest absolute Gasteiger partial charge is 0.238 e. The normalized spacial score (nSPS) is 15.5. The van der Waals surface area contributed by atoms with Gasteiger partial charge < -0.3 is 0 Å². The largest absolute Gasteiger partial charge is 0.299 e. The van der Waals surface area contributed by atoms with Crippen molar-refractivity contribution in [1.29, 1.82) is 0 Å². The second-order valence-corrected chi connectivity index (χ2v) is 10.8. The number of nitrogens with two attached hydrogens (primary N) is 1. The van der Waals surface area contributed by atoms with Gasteiger partial charge in [0, 0.05) is 18.0 Å². The van der Waals surface area contributed by atoms with Crippen LogP contribution in [-0.2, 0) is 23.1 Å². The summed E-state index contributed by atoms with van der Waals surface area (Å²) < 4.78 is 22.7. The highest BCUT2D eigenvalue weighted by Crippen LogP contribution is 2.24. The predicted molar refractivity (Wildman–Crippen MR) is 130 cm³/mol. The zero-order valence-electron chi connectivity index (χ0n) is 18.8. The molecule has 0 saturated carbocycles. The number of sulfonamides is 1. The van der Waals surface area contributed by atoms with Crippen LogP contribution in [0.15, 0.2) is 59.6 Å². The monoisotopic (exact) mass is 501 g/mol. The molecule has 34 heavy (non-hydrogen) atoms. The average Bonchev–Trinajstić information content (AvgIpc) is 3.27. The lowest BCUT2D eigenvalue weighted by Crippen LogP contribution is -2.33. The maximum Gasteiger partial charge on any atom is 0.238 e. The SMILES string of the molecule is NS(=O)(=O)c1ccc(Cn2ncc(C(=O)CCC3CCN(Cc4cccc(Cl)c4)CC3)n2)cc1. The first kappa shape index (κ1) is 24.5. The van der Waals surface area contributed by atoms with Crippen molar-refractivity contribution in [2.75, 3.05) is 13.1 Å². The number of hydrogen-bond donors (Lipinski definition) is 1. The Morgan fingerprint density at radius 2 is 1.79 bits per heavy atom. The number of primary sulfonamides is 1. The first-order chi connectivity index (χ1) is 16.3. The van der Waals surface area contributed by atoms with Crippen LogP contribution in [0.3, 0.4) is 0 Å². The Morgan fingerprint density at radius 1 is 1.06 bits per heavy atom. The van der Waals surface area contributed by atoms with Crippen LogP contribution in [0.1, 0.15) is 47.3 Å². The van der Waals surface area contributed by atoms with Crippen molar-refractivity contribution in [3.05, 3.63) is 76.6 Å². The Morgan fingerprint density at radius 3 is 2.47 bits per heavy atom. The lowest BCUT2D eigenvalue weighted by atomic mass is 9.91. The molecule has 1 aliphatic rings. The van der Waals surface area contributed by atoms with E-state index in [0.29, 0.717) is 24.6 Å². The van der Waals surface area contributed by atoms with E-state index in [-0.39, 0.29) is 10.7 Å². The molecule has 0 spiro atoms. The summed E-state index contributed by atoms with van der Waals surface area (Å²) in [5.41, 5.74) is 2.40. The Hall–Kier alpha value is -2.59. The summed E-state index contributed by atoms with van der Waals surface area (Å²) in [6.45, 7) is 3.28. The Labute approximate surface area is 204 Å². The molecule has 0 amide bonds. The molecule has 2 N–H and O–H groups in total. The fraction of sp³-hybridized carbons (Fsp3) is 0.375. The summed E-state index contributed by atoms with van der Waals surface area (Å²) in [5.74, 6) is 0.532. The fourth-order valence-corrected chi connectivity index (χ4v) is 4.97. The molecule has 180 valence electrons. The average molecular weight is 502 g/mol. The molecule has 0 bridgehead atoms. The predicted octanol–water partition coefficient (Wildman–Crippen LogP) is 3.50. The minimum atomic E-state index is -3.72. The minimum absolute atomic E-state index is 0.00261. The summed E-state index contributed by atoms with van der Waals surface area (Å²) in [6, 6.07) is 14.2. The van der Waals surface area contributed by atoms with Gasteiger partial charge in [0.25, 0.3) is 0 Å². The highest BCUT2D eigenvalue weighted by molar-refractivity contribution is 7.89. The van der Waals surface area contributed by atoms with E-state index in [1.807, 2.05) is 18.2 Å². The highest BCUT2D eigenvalue weighted by atomic mass is 35.5. The van der Waals surface area contributed by atoms with Gasteiger partial charge in [0.05, 0.1) is 17.6 Å². The molecular formula is C24H28ClN5O3S. The number of aromatic nitrogens is 3. The molecule has 4 rings (SSSR count). The molecule has 1 aromatic heterocycles. The lowest BCUT2D eigenvalue weighted by Gasteiger charge is -2.32. The molecule has 0 unspecified atom stereocenters. The van der Waals surface area contributed by atoms with Gasteiger partial charge in [-0.2, -0.15) is 9.90 Å². The number of ketones is 1. The van der Waals surface area contributed by atoms with Crippen LogP contribution in [0.2, 0.25) is 5.02 Å². The topological polar surface area (TPSA) is 111 Å². The molecule has 1 fully saturated rings. The molecule has 0 radical (unpaired) electrons. The molecule has 2 heterocycles. The third-order valence-electron chi connectivity index (χ3n) is 6.18. The van der Waals surface area contributed by atoms with Gasteiger partial charge in [-0.05, 0) is 73.7 Å². The number of nitrogens with zero attached hydrogens (tertiary/aromatic N) is 4. The Kier molecular flexibility index (Phi) is 7.77. The zero-order chi connectivity index (χ0) is 24.1. The third kappa shape index (κ3) is 6.73. The minimum Gasteiger partial charge on any atom is -0.299 e. The summed E-state index contributed by atoms with van der Waals surface area (Å²) in [4.78, 5) is 16.6. The summed E-state index contributed by atoms with van der Waals surface area (Å²) in [6.07, 6.45) is 4.96. The van der Waals surface area contributed by atoms with E-state index in [1.54, 1.807) is 12.1 Å². The number of likely N-dealkylation sites (tertiary alicyclic amines) is 1. The van der Waals surface area contributed by atoms with E-state index in [2.05, 4.69) is 21.2 Å². The van der Waals surface area contributed by atoms with Crippen LogP contribution >= 0.6 is 11.6 Å². The van der Waals surface area contributed by atoms with Crippen molar-refractivity contribution in [2.45, 2.75) is 43.7 Å². The molecular weight excluding hydrogens is 474 g/mol. The standard InChI is InChI=1S/C24H28ClN5O3S/c25-21-3-1-2-20(14-21)16-29-12-10-18(11-13-29)6-9-24(31)23-15-27-30(28-23)17-19-4-7-22(8-5-19)34(26,32)33/h1-5,7-8,14-15,18H,6,9-13,16-17H2,(H2,26,32,33). The second kappa shape index (κ2) is 10.8. The molecule has 10 heteroatoms. The van der Waals surface area contributed by atoms with Crippen LogP contribution < -0.4 is 5.14 Å². The third-order valence-corrected chi connectivity index (χ3v) is 7.34. The molecule has 2 aromatic carbocycles. The van der Waals surface area contributed by atoms with Crippen molar-refractivity contribution in [2.24, 2.45) is 11.1 Å². The molecule has 3 aromatic rings. The molecule has 1 aliphatic heterocycles. The van der Waals surface area contributed by atoms with Gasteiger partial charge in [-0.25, -0.2) is 13.6 Å². The second-order valence-electron chi connectivity index (χ2n) is 8.76. The quantitative estimate of drug-likeness (QED) is 0.449. The first-order valence-corrected chi connectivity index (χ1v) is 13.2. The van der Waals surface area contributed by atoms with Gasteiger partial charge in [-0.3, -0.25) is 9.69 Å². The summed E-state index contributed by atoms with van der Waals surface area (Å²) >= 11 is 6.08. The number of piperidine rings is 1. The van der Waals surface area contributed by atoms with Gasteiger partial charge in [-0.1, -0.05) is 35.9 Å². The van der Waals surface area contributed by atoms with Gasteiger partial charge >= 0.3 is 0 Å². The van der Waals surface area contributed by atoms with Crippen molar-refractivity contribution in [1.82, 2.24) is 19.9 Å². The van der Waals surface area contributed by atoms with Gasteiger partial charge in [0.15, 0.2) is 5.78 Å². The van der Waals surface area contributed by atoms with Crippen molar-refractivity contribution >= 4 is 27.4 Å². The van der Waals surface area contributed by atoms with E-state index in [0.717, 1.165) is 49.5 Å². The number of rotatable bonds is 9. The zero-order valence-corrected chi connectivity index (χ0v) is 20.4.